The van der Waals surface area contributed by atoms with Crippen LogP contribution in [0, 0.1) is 11.3 Å². The molecule has 0 aliphatic heterocycles. The van der Waals surface area contributed by atoms with Crippen molar-refractivity contribution in [1.29, 1.82) is 5.26 Å². The van der Waals surface area contributed by atoms with Crippen LogP contribution >= 0.6 is 0 Å². The molecule has 0 saturated carbocycles. The second-order valence-electron chi connectivity index (χ2n) is 5.31. The van der Waals surface area contributed by atoms with Gasteiger partial charge in [0.15, 0.2) is 12.3 Å². The number of nitrogens with one attached hydrogen (secondary N) is 1. The van der Waals surface area contributed by atoms with E-state index in [0.717, 1.165) is 12.3 Å². The van der Waals surface area contributed by atoms with E-state index in [1.165, 1.54) is 6.07 Å². The number of primary amides is 1. The Hall–Kier alpha value is -3.61. The number of hydrogen-bond acceptors (Lipinski definition) is 5. The van der Waals surface area contributed by atoms with E-state index in [-0.39, 0.29) is 18.7 Å². The second-order valence-corrected chi connectivity index (χ2v) is 5.31. The molecule has 1 aromatic heterocycles. The van der Waals surface area contributed by atoms with Crippen molar-refractivity contribution in [2.45, 2.75) is 12.7 Å². The molecule has 140 valence electrons. The van der Waals surface area contributed by atoms with Crippen LogP contribution in [0.2, 0.25) is 0 Å². The highest BCUT2D eigenvalue weighted by molar-refractivity contribution is 5.94. The number of rotatable bonds is 6. The Balaban J connectivity index is 2.07. The van der Waals surface area contributed by atoms with Crippen molar-refractivity contribution in [3.05, 3.63) is 58.9 Å². The zero-order chi connectivity index (χ0) is 20.0. The van der Waals surface area contributed by atoms with Crippen LogP contribution in [0.1, 0.15) is 27.2 Å². The Kier molecular flexibility index (Phi) is 5.97. The van der Waals surface area contributed by atoms with E-state index in [4.69, 9.17) is 15.7 Å². The fourth-order valence-electron chi connectivity index (χ4n) is 2.08. The van der Waals surface area contributed by atoms with Gasteiger partial charge >= 0.3 is 6.18 Å². The van der Waals surface area contributed by atoms with E-state index in [1.807, 2.05) is 0 Å². The SMILES string of the molecule is N#Cc1cc(C(=O)NCc2cccc(OCC(N)=O)c2)cnc1C(F)(F)F. The molecule has 27 heavy (non-hydrogen) atoms. The van der Waals surface area contributed by atoms with Crippen LogP contribution in [0.3, 0.4) is 0 Å². The normalized spacial score (nSPS) is 10.7. The van der Waals surface area contributed by atoms with Gasteiger partial charge in [0, 0.05) is 12.7 Å². The zero-order valence-electron chi connectivity index (χ0n) is 13.7. The van der Waals surface area contributed by atoms with E-state index in [0.29, 0.717) is 11.3 Å². The topological polar surface area (TPSA) is 118 Å². The van der Waals surface area contributed by atoms with Gasteiger partial charge in [0.05, 0.1) is 11.1 Å². The monoisotopic (exact) mass is 378 g/mol. The Morgan fingerprint density at radius 2 is 2.04 bits per heavy atom. The number of alkyl halides is 3. The van der Waals surface area contributed by atoms with E-state index in [1.54, 1.807) is 24.3 Å². The molecule has 7 nitrogen and oxygen atoms in total. The zero-order valence-corrected chi connectivity index (χ0v) is 13.7. The molecule has 2 aromatic rings. The van der Waals surface area contributed by atoms with E-state index < -0.39 is 29.2 Å². The number of halogens is 3. The summed E-state index contributed by atoms with van der Waals surface area (Å²) in [7, 11) is 0. The number of hydrogen-bond donors (Lipinski definition) is 2. The molecule has 0 unspecified atom stereocenters. The summed E-state index contributed by atoms with van der Waals surface area (Å²) in [5.74, 6) is -0.975. The number of nitrogens with two attached hydrogens (primary N) is 1. The fraction of sp³-hybridized carbons (Fsp3) is 0.176. The Labute approximate surface area is 151 Å². The molecule has 0 aliphatic rings. The minimum Gasteiger partial charge on any atom is -0.484 e. The lowest BCUT2D eigenvalue weighted by atomic mass is 10.1. The van der Waals surface area contributed by atoms with Gasteiger partial charge in [-0.3, -0.25) is 9.59 Å². The first kappa shape index (κ1) is 19.7. The molecule has 1 heterocycles. The molecule has 0 bridgehead atoms. The molecular formula is C17H13F3N4O3. The summed E-state index contributed by atoms with van der Waals surface area (Å²) in [6.45, 7) is -0.264. The summed E-state index contributed by atoms with van der Waals surface area (Å²) in [5, 5.41) is 11.3. The first-order chi connectivity index (χ1) is 12.7. The van der Waals surface area contributed by atoms with Crippen LogP contribution < -0.4 is 15.8 Å². The van der Waals surface area contributed by atoms with Crippen molar-refractivity contribution < 1.29 is 27.5 Å². The third-order valence-electron chi connectivity index (χ3n) is 3.27. The van der Waals surface area contributed by atoms with Gasteiger partial charge in [-0.25, -0.2) is 4.98 Å². The first-order valence-electron chi connectivity index (χ1n) is 7.46. The van der Waals surface area contributed by atoms with Crippen molar-refractivity contribution in [1.82, 2.24) is 10.3 Å². The molecule has 2 amide bonds. The number of ether oxygens (including phenoxy) is 1. The Morgan fingerprint density at radius 3 is 2.67 bits per heavy atom. The highest BCUT2D eigenvalue weighted by Crippen LogP contribution is 2.30. The Bertz CT molecular complexity index is 907. The van der Waals surface area contributed by atoms with Crippen LogP contribution in [0.25, 0.3) is 0 Å². The molecule has 0 fully saturated rings. The highest BCUT2D eigenvalue weighted by Gasteiger charge is 2.35. The van der Waals surface area contributed by atoms with Crippen LogP contribution in [-0.2, 0) is 17.5 Å². The number of amides is 2. The van der Waals surface area contributed by atoms with Gasteiger partial charge in [-0.05, 0) is 23.8 Å². The van der Waals surface area contributed by atoms with Crippen molar-refractivity contribution >= 4 is 11.8 Å². The number of carbonyl (C=O) groups excluding carboxylic acids is 2. The van der Waals surface area contributed by atoms with E-state index >= 15 is 0 Å². The van der Waals surface area contributed by atoms with Crippen LogP contribution in [0.4, 0.5) is 13.2 Å². The van der Waals surface area contributed by atoms with Crippen molar-refractivity contribution in [2.24, 2.45) is 5.73 Å². The predicted octanol–water partition coefficient (Wildman–Crippen LogP) is 1.77. The molecular weight excluding hydrogens is 365 g/mol. The number of pyridine rings is 1. The smallest absolute Gasteiger partial charge is 0.434 e. The fourth-order valence-corrected chi connectivity index (χ4v) is 2.08. The summed E-state index contributed by atoms with van der Waals surface area (Å²) in [6.07, 6.45) is -4.03. The molecule has 0 aliphatic carbocycles. The van der Waals surface area contributed by atoms with Gasteiger partial charge in [0.1, 0.15) is 11.8 Å². The van der Waals surface area contributed by atoms with Crippen LogP contribution in [-0.4, -0.2) is 23.4 Å². The summed E-state index contributed by atoms with van der Waals surface area (Å²) in [4.78, 5) is 26.0. The summed E-state index contributed by atoms with van der Waals surface area (Å²) >= 11 is 0. The van der Waals surface area contributed by atoms with Gasteiger partial charge in [-0.1, -0.05) is 12.1 Å². The Morgan fingerprint density at radius 1 is 1.30 bits per heavy atom. The van der Waals surface area contributed by atoms with Gasteiger partial charge in [0.25, 0.3) is 11.8 Å². The number of aromatic nitrogens is 1. The summed E-state index contributed by atoms with van der Waals surface area (Å²) < 4.78 is 43.3. The lowest BCUT2D eigenvalue weighted by molar-refractivity contribution is -0.141. The number of nitriles is 1. The standard InChI is InChI=1S/C17H13F3N4O3/c18-17(19,20)15-11(6-21)5-12(8-23-15)16(26)24-7-10-2-1-3-13(4-10)27-9-14(22)25/h1-5,8H,7,9H2,(H2,22,25)(H,24,26). The maximum Gasteiger partial charge on any atom is 0.434 e. The number of nitrogens with zero attached hydrogens (tertiary/aromatic N) is 2. The van der Waals surface area contributed by atoms with E-state index in [9.17, 15) is 22.8 Å². The van der Waals surface area contributed by atoms with Crippen molar-refractivity contribution in [3.8, 4) is 11.8 Å². The molecule has 1 aromatic carbocycles. The molecule has 2 rings (SSSR count). The minimum absolute atomic E-state index is 0.0372. The molecule has 3 N–H and O–H groups in total. The average Bonchev–Trinajstić information content (AvgIpc) is 2.63. The van der Waals surface area contributed by atoms with Gasteiger partial charge in [-0.2, -0.15) is 18.4 Å². The van der Waals surface area contributed by atoms with Crippen LogP contribution in [0.5, 0.6) is 5.75 Å². The maximum atomic E-state index is 12.7. The molecule has 0 atom stereocenters. The molecule has 0 radical (unpaired) electrons. The average molecular weight is 378 g/mol. The van der Waals surface area contributed by atoms with Gasteiger partial charge in [-0.15, -0.1) is 0 Å². The van der Waals surface area contributed by atoms with E-state index in [2.05, 4.69) is 10.3 Å². The molecule has 0 spiro atoms. The van der Waals surface area contributed by atoms with Crippen molar-refractivity contribution in [3.63, 3.8) is 0 Å². The van der Waals surface area contributed by atoms with Gasteiger partial charge < -0.3 is 15.8 Å². The second kappa shape index (κ2) is 8.18. The lowest BCUT2D eigenvalue weighted by Crippen LogP contribution is -2.24. The predicted molar refractivity (Wildman–Crippen MR) is 86.3 cm³/mol. The molecule has 10 heteroatoms. The largest absolute Gasteiger partial charge is 0.484 e. The summed E-state index contributed by atoms with van der Waals surface area (Å²) in [6, 6.07) is 8.67. The first-order valence-corrected chi connectivity index (χ1v) is 7.46. The quantitative estimate of drug-likeness (QED) is 0.794. The summed E-state index contributed by atoms with van der Waals surface area (Å²) in [5.41, 5.74) is 3.33. The van der Waals surface area contributed by atoms with Gasteiger partial charge in [0.2, 0.25) is 0 Å². The highest BCUT2D eigenvalue weighted by atomic mass is 19.4. The van der Waals surface area contributed by atoms with Crippen LogP contribution in [0.15, 0.2) is 36.5 Å². The lowest BCUT2D eigenvalue weighted by Gasteiger charge is -2.10. The number of benzene rings is 1. The third kappa shape index (κ3) is 5.43. The third-order valence-corrected chi connectivity index (χ3v) is 3.27. The minimum atomic E-state index is -4.79. The number of carbonyl (C=O) groups is 2. The molecule has 0 saturated heterocycles. The van der Waals surface area contributed by atoms with Crippen molar-refractivity contribution in [2.75, 3.05) is 6.61 Å². The maximum absolute atomic E-state index is 12.7.